The van der Waals surface area contributed by atoms with Gasteiger partial charge in [-0.3, -0.25) is 4.90 Å². The number of rotatable bonds is 3. The first-order valence-electron chi connectivity index (χ1n) is 8.39. The fourth-order valence-electron chi connectivity index (χ4n) is 3.89. The first kappa shape index (κ1) is 16.9. The monoisotopic (exact) mass is 375 g/mol. The molecule has 3 nitrogen and oxygen atoms in total. The van der Waals surface area contributed by atoms with Crippen molar-refractivity contribution < 1.29 is 10.2 Å². The maximum atomic E-state index is 10.5. The van der Waals surface area contributed by atoms with Crippen LogP contribution in [0.3, 0.4) is 0 Å². The molecule has 2 aliphatic rings. The van der Waals surface area contributed by atoms with Gasteiger partial charge in [0, 0.05) is 29.7 Å². The van der Waals surface area contributed by atoms with Crippen LogP contribution in [0.1, 0.15) is 29.2 Å². The van der Waals surface area contributed by atoms with Gasteiger partial charge in [0.15, 0.2) is 0 Å². The van der Waals surface area contributed by atoms with Crippen LogP contribution in [0.2, 0.25) is 10.0 Å². The molecule has 0 fully saturated rings. The number of halogens is 2. The first-order valence-corrected chi connectivity index (χ1v) is 9.15. The van der Waals surface area contributed by atoms with Crippen molar-refractivity contribution >= 4 is 28.8 Å². The van der Waals surface area contributed by atoms with Gasteiger partial charge >= 0.3 is 0 Å². The molecule has 25 heavy (non-hydrogen) atoms. The van der Waals surface area contributed by atoms with Crippen LogP contribution in [0.25, 0.3) is 5.57 Å². The molecule has 5 heteroatoms. The van der Waals surface area contributed by atoms with Gasteiger partial charge < -0.3 is 10.2 Å². The van der Waals surface area contributed by atoms with Crippen LogP contribution in [0, 0.1) is 0 Å². The lowest BCUT2D eigenvalue weighted by Crippen LogP contribution is -2.34. The molecule has 2 aromatic rings. The minimum Gasteiger partial charge on any atom is -0.508 e. The highest BCUT2D eigenvalue weighted by Crippen LogP contribution is 2.39. The van der Waals surface area contributed by atoms with E-state index in [0.717, 1.165) is 31.0 Å². The second-order valence-electron chi connectivity index (χ2n) is 6.80. The lowest BCUT2D eigenvalue weighted by atomic mass is 9.98. The number of nitrogens with zero attached hydrogens (tertiary/aromatic N) is 1. The molecule has 130 valence electrons. The summed E-state index contributed by atoms with van der Waals surface area (Å²) in [6.07, 6.45) is 1.26. The Bertz CT molecular complexity index is 843. The SMILES string of the molecule is Oc1cc(Cl)cc(C(O)CN2CCC3=C(Cc4ccc(Cl)cc43)C2)c1. The molecule has 1 unspecified atom stereocenters. The highest BCUT2D eigenvalue weighted by atomic mass is 35.5. The second-order valence-corrected chi connectivity index (χ2v) is 7.68. The first-order chi connectivity index (χ1) is 12.0. The van der Waals surface area contributed by atoms with Crippen molar-refractivity contribution in [2.75, 3.05) is 19.6 Å². The Kier molecular flexibility index (Phi) is 4.50. The summed E-state index contributed by atoms with van der Waals surface area (Å²) in [5, 5.41) is 21.4. The number of β-amino-alcohol motifs (C(OH)–C–C–N with tert-alkyl or cyclic N) is 1. The highest BCUT2D eigenvalue weighted by Gasteiger charge is 2.28. The summed E-state index contributed by atoms with van der Waals surface area (Å²) >= 11 is 12.1. The van der Waals surface area contributed by atoms with Crippen molar-refractivity contribution in [1.82, 2.24) is 4.90 Å². The second kappa shape index (κ2) is 6.65. The summed E-state index contributed by atoms with van der Waals surface area (Å²) in [4.78, 5) is 2.26. The highest BCUT2D eigenvalue weighted by molar-refractivity contribution is 6.31. The normalized spacial score (nSPS) is 18.2. The van der Waals surface area contributed by atoms with E-state index in [-0.39, 0.29) is 5.75 Å². The molecule has 0 saturated heterocycles. The minimum atomic E-state index is -0.676. The molecule has 4 rings (SSSR count). The molecular weight excluding hydrogens is 357 g/mol. The van der Waals surface area contributed by atoms with Crippen LogP contribution in [0.15, 0.2) is 42.0 Å². The van der Waals surface area contributed by atoms with E-state index >= 15 is 0 Å². The molecule has 0 radical (unpaired) electrons. The zero-order valence-electron chi connectivity index (χ0n) is 13.7. The number of fused-ring (bicyclic) bond motifs is 2. The molecule has 1 aliphatic carbocycles. The average molecular weight is 376 g/mol. The molecule has 2 aromatic carbocycles. The number of phenols is 1. The maximum absolute atomic E-state index is 10.5. The number of aliphatic hydroxyl groups excluding tert-OH is 1. The fraction of sp³-hybridized carbons (Fsp3) is 0.300. The number of aromatic hydroxyl groups is 1. The van der Waals surface area contributed by atoms with E-state index in [0.29, 0.717) is 17.1 Å². The van der Waals surface area contributed by atoms with E-state index in [9.17, 15) is 10.2 Å². The van der Waals surface area contributed by atoms with Gasteiger partial charge in [0.25, 0.3) is 0 Å². The lowest BCUT2D eigenvalue weighted by Gasteiger charge is -2.30. The van der Waals surface area contributed by atoms with Gasteiger partial charge in [-0.2, -0.15) is 0 Å². The van der Waals surface area contributed by atoms with E-state index in [2.05, 4.69) is 17.0 Å². The molecule has 1 heterocycles. The molecule has 0 spiro atoms. The van der Waals surface area contributed by atoms with Crippen molar-refractivity contribution in [3.8, 4) is 5.75 Å². The Hall–Kier alpha value is -1.52. The summed E-state index contributed by atoms with van der Waals surface area (Å²) < 4.78 is 0. The third-order valence-corrected chi connectivity index (χ3v) is 5.49. The number of hydrogen-bond donors (Lipinski definition) is 2. The van der Waals surface area contributed by atoms with Crippen LogP contribution in [-0.2, 0) is 6.42 Å². The van der Waals surface area contributed by atoms with Gasteiger partial charge in [-0.05, 0) is 71.0 Å². The Labute approximate surface area is 157 Å². The van der Waals surface area contributed by atoms with E-state index < -0.39 is 6.10 Å². The lowest BCUT2D eigenvalue weighted by molar-refractivity contribution is 0.117. The van der Waals surface area contributed by atoms with E-state index in [1.807, 2.05) is 6.07 Å². The smallest absolute Gasteiger partial charge is 0.117 e. The topological polar surface area (TPSA) is 43.7 Å². The van der Waals surface area contributed by atoms with Crippen molar-refractivity contribution in [2.24, 2.45) is 0 Å². The molecule has 2 N–H and O–H groups in total. The Morgan fingerprint density at radius 3 is 2.72 bits per heavy atom. The summed E-state index contributed by atoms with van der Waals surface area (Å²) in [6.45, 7) is 2.27. The van der Waals surface area contributed by atoms with Gasteiger partial charge in [-0.15, -0.1) is 0 Å². The van der Waals surface area contributed by atoms with Gasteiger partial charge in [-0.25, -0.2) is 0 Å². The third-order valence-electron chi connectivity index (χ3n) is 5.04. The van der Waals surface area contributed by atoms with Crippen molar-refractivity contribution in [1.29, 1.82) is 0 Å². The standard InChI is InChI=1S/C20H19Cl2NO2/c21-15-2-1-12-5-14-10-23(4-3-18(14)19(12)9-15)11-20(25)13-6-16(22)8-17(24)7-13/h1-2,6-9,20,24-25H,3-5,10-11H2. The largest absolute Gasteiger partial charge is 0.508 e. The molecule has 1 aliphatic heterocycles. The molecule has 1 atom stereocenters. The van der Waals surface area contributed by atoms with E-state index in [1.54, 1.807) is 12.1 Å². The number of aliphatic hydroxyl groups is 1. The zero-order valence-corrected chi connectivity index (χ0v) is 15.2. The summed E-state index contributed by atoms with van der Waals surface area (Å²) in [7, 11) is 0. The van der Waals surface area contributed by atoms with Gasteiger partial charge in [0.2, 0.25) is 0 Å². The Morgan fingerprint density at radius 1 is 1.08 bits per heavy atom. The van der Waals surface area contributed by atoms with Crippen LogP contribution in [0.5, 0.6) is 5.75 Å². The van der Waals surface area contributed by atoms with Gasteiger partial charge in [0.1, 0.15) is 5.75 Å². The Balaban J connectivity index is 1.48. The third kappa shape index (κ3) is 3.42. The zero-order chi connectivity index (χ0) is 17.6. The summed E-state index contributed by atoms with van der Waals surface area (Å²) in [5.74, 6) is 0.0771. The quantitative estimate of drug-likeness (QED) is 0.832. The van der Waals surface area contributed by atoms with Crippen molar-refractivity contribution in [3.63, 3.8) is 0 Å². The molecule has 0 amide bonds. The maximum Gasteiger partial charge on any atom is 0.117 e. The van der Waals surface area contributed by atoms with Crippen LogP contribution in [0.4, 0.5) is 0 Å². The number of hydrogen-bond acceptors (Lipinski definition) is 3. The van der Waals surface area contributed by atoms with Crippen molar-refractivity contribution in [3.05, 3.63) is 68.7 Å². The van der Waals surface area contributed by atoms with Crippen LogP contribution in [-0.4, -0.2) is 34.7 Å². The average Bonchev–Trinajstić information content (AvgIpc) is 2.91. The van der Waals surface area contributed by atoms with Crippen LogP contribution >= 0.6 is 23.2 Å². The van der Waals surface area contributed by atoms with Gasteiger partial charge in [-0.1, -0.05) is 29.3 Å². The molecular formula is C20H19Cl2NO2. The minimum absolute atomic E-state index is 0.0771. The predicted molar refractivity (Wildman–Crippen MR) is 101 cm³/mol. The van der Waals surface area contributed by atoms with Gasteiger partial charge in [0.05, 0.1) is 6.10 Å². The summed E-state index contributed by atoms with van der Waals surface area (Å²) in [5.41, 5.74) is 6.12. The van der Waals surface area contributed by atoms with Crippen LogP contribution < -0.4 is 0 Å². The number of benzene rings is 2. The predicted octanol–water partition coefficient (Wildman–Crippen LogP) is 4.45. The van der Waals surface area contributed by atoms with E-state index in [1.165, 1.54) is 28.3 Å². The molecule has 0 saturated carbocycles. The van der Waals surface area contributed by atoms with E-state index in [4.69, 9.17) is 23.2 Å². The fourth-order valence-corrected chi connectivity index (χ4v) is 4.30. The molecule has 0 aromatic heterocycles. The summed E-state index contributed by atoms with van der Waals surface area (Å²) in [6, 6.07) is 10.9. The molecule has 0 bridgehead atoms. The number of phenolic OH excluding ortho intramolecular Hbond substituents is 1. The Morgan fingerprint density at radius 2 is 1.92 bits per heavy atom. The van der Waals surface area contributed by atoms with Crippen molar-refractivity contribution in [2.45, 2.75) is 18.9 Å².